The quantitative estimate of drug-likeness (QED) is 0.796. The van der Waals surface area contributed by atoms with Crippen molar-refractivity contribution in [3.05, 3.63) is 0 Å². The molecular formula is C14H24N2O3. The molecule has 19 heavy (non-hydrogen) atoms. The van der Waals surface area contributed by atoms with Gasteiger partial charge in [0.25, 0.3) is 0 Å². The van der Waals surface area contributed by atoms with E-state index >= 15 is 0 Å². The standard InChI is InChI=1S/C14H24N2O3/c1-18-10-6-16(7-11(10)19-2)14(17)12-8-3-4-9(5-8)13(12)15/h8-13H,3-7,15H2,1-2H3. The topological polar surface area (TPSA) is 64.8 Å². The van der Waals surface area contributed by atoms with E-state index in [-0.39, 0.29) is 30.1 Å². The highest BCUT2D eigenvalue weighted by atomic mass is 16.5. The highest BCUT2D eigenvalue weighted by molar-refractivity contribution is 5.81. The molecule has 2 saturated carbocycles. The maximum Gasteiger partial charge on any atom is 0.227 e. The van der Waals surface area contributed by atoms with Gasteiger partial charge in [-0.05, 0) is 31.1 Å². The van der Waals surface area contributed by atoms with Crippen molar-refractivity contribution in [3.63, 3.8) is 0 Å². The second-order valence-corrected chi connectivity index (χ2v) is 6.23. The van der Waals surface area contributed by atoms with Crippen LogP contribution in [-0.2, 0) is 14.3 Å². The smallest absolute Gasteiger partial charge is 0.227 e. The van der Waals surface area contributed by atoms with E-state index < -0.39 is 0 Å². The second-order valence-electron chi connectivity index (χ2n) is 6.23. The lowest BCUT2D eigenvalue weighted by atomic mass is 9.84. The number of nitrogens with two attached hydrogens (primary N) is 1. The zero-order chi connectivity index (χ0) is 13.6. The van der Waals surface area contributed by atoms with Crippen LogP contribution in [0.2, 0.25) is 0 Å². The van der Waals surface area contributed by atoms with Gasteiger partial charge in [-0.3, -0.25) is 4.79 Å². The van der Waals surface area contributed by atoms with Gasteiger partial charge in [-0.1, -0.05) is 0 Å². The Kier molecular flexibility index (Phi) is 3.53. The summed E-state index contributed by atoms with van der Waals surface area (Å²) in [6.07, 6.45) is 3.50. The molecule has 0 spiro atoms. The van der Waals surface area contributed by atoms with Gasteiger partial charge in [0, 0.05) is 33.4 Å². The van der Waals surface area contributed by atoms with Crippen LogP contribution in [0, 0.1) is 17.8 Å². The van der Waals surface area contributed by atoms with E-state index in [4.69, 9.17) is 15.2 Å². The zero-order valence-electron chi connectivity index (χ0n) is 11.7. The fourth-order valence-electron chi connectivity index (χ4n) is 4.29. The molecule has 1 amide bonds. The third kappa shape index (κ3) is 2.08. The van der Waals surface area contributed by atoms with Gasteiger partial charge in [-0.15, -0.1) is 0 Å². The van der Waals surface area contributed by atoms with Gasteiger partial charge in [0.2, 0.25) is 5.91 Å². The molecule has 2 bridgehead atoms. The molecular weight excluding hydrogens is 244 g/mol. The van der Waals surface area contributed by atoms with Gasteiger partial charge in [-0.2, -0.15) is 0 Å². The summed E-state index contributed by atoms with van der Waals surface area (Å²) in [5, 5.41) is 0. The lowest BCUT2D eigenvalue weighted by Gasteiger charge is -2.30. The minimum Gasteiger partial charge on any atom is -0.377 e. The van der Waals surface area contributed by atoms with Gasteiger partial charge in [0.15, 0.2) is 0 Å². The van der Waals surface area contributed by atoms with Gasteiger partial charge >= 0.3 is 0 Å². The molecule has 1 heterocycles. The number of hydrogen-bond donors (Lipinski definition) is 1. The van der Waals surface area contributed by atoms with Crippen molar-refractivity contribution < 1.29 is 14.3 Å². The van der Waals surface area contributed by atoms with Crippen LogP contribution in [0.4, 0.5) is 0 Å². The number of likely N-dealkylation sites (tertiary alicyclic amines) is 1. The van der Waals surface area contributed by atoms with E-state index in [1.807, 2.05) is 4.90 Å². The Balaban J connectivity index is 1.68. The summed E-state index contributed by atoms with van der Waals surface area (Å²) in [6, 6.07) is 0.0637. The van der Waals surface area contributed by atoms with E-state index in [2.05, 4.69) is 0 Å². The van der Waals surface area contributed by atoms with Crippen LogP contribution in [-0.4, -0.2) is 56.4 Å². The summed E-state index contributed by atoms with van der Waals surface area (Å²) in [5.41, 5.74) is 6.26. The molecule has 0 radical (unpaired) electrons. The van der Waals surface area contributed by atoms with Crippen molar-refractivity contribution in [2.24, 2.45) is 23.5 Å². The van der Waals surface area contributed by atoms with E-state index in [1.165, 1.54) is 12.8 Å². The van der Waals surface area contributed by atoms with Crippen LogP contribution in [0.25, 0.3) is 0 Å². The maximum atomic E-state index is 12.7. The molecule has 2 N–H and O–H groups in total. The molecule has 1 aliphatic heterocycles. The summed E-state index contributed by atoms with van der Waals surface area (Å²) >= 11 is 0. The molecule has 2 aliphatic carbocycles. The molecule has 5 nitrogen and oxygen atoms in total. The maximum absolute atomic E-state index is 12.7. The average Bonchev–Trinajstić information content (AvgIpc) is 3.11. The fraction of sp³-hybridized carbons (Fsp3) is 0.929. The van der Waals surface area contributed by atoms with E-state index in [0.717, 1.165) is 6.42 Å². The van der Waals surface area contributed by atoms with Crippen LogP contribution in [0.15, 0.2) is 0 Å². The normalized spacial score (nSPS) is 45.1. The number of carbonyl (C=O) groups excluding carboxylic acids is 1. The summed E-state index contributed by atoms with van der Waals surface area (Å²) in [5.74, 6) is 1.33. The van der Waals surface area contributed by atoms with E-state index in [1.54, 1.807) is 14.2 Å². The molecule has 6 unspecified atom stereocenters. The number of carbonyl (C=O) groups is 1. The number of rotatable bonds is 3. The number of methoxy groups -OCH3 is 2. The van der Waals surface area contributed by atoms with Crippen molar-refractivity contribution in [2.75, 3.05) is 27.3 Å². The minimum absolute atomic E-state index is 0.0104. The van der Waals surface area contributed by atoms with Crippen molar-refractivity contribution in [1.29, 1.82) is 0 Å². The summed E-state index contributed by atoms with van der Waals surface area (Å²) in [6.45, 7) is 1.27. The first-order chi connectivity index (χ1) is 9.15. The summed E-state index contributed by atoms with van der Waals surface area (Å²) < 4.78 is 10.8. The molecule has 5 heteroatoms. The minimum atomic E-state index is -0.0104. The molecule has 0 aromatic carbocycles. The van der Waals surface area contributed by atoms with Gasteiger partial charge in [0.1, 0.15) is 12.2 Å². The Labute approximate surface area is 114 Å². The Morgan fingerprint density at radius 3 is 2.16 bits per heavy atom. The van der Waals surface area contributed by atoms with Crippen molar-refractivity contribution in [1.82, 2.24) is 4.90 Å². The molecule has 0 aromatic heterocycles. The summed E-state index contributed by atoms with van der Waals surface area (Å²) in [4.78, 5) is 14.6. The number of hydrogen-bond acceptors (Lipinski definition) is 4. The summed E-state index contributed by atoms with van der Waals surface area (Å²) in [7, 11) is 3.35. The first-order valence-corrected chi connectivity index (χ1v) is 7.25. The third-order valence-electron chi connectivity index (χ3n) is 5.40. The van der Waals surface area contributed by atoms with Crippen LogP contribution >= 0.6 is 0 Å². The molecule has 6 atom stereocenters. The van der Waals surface area contributed by atoms with Crippen LogP contribution in [0.5, 0.6) is 0 Å². The average molecular weight is 268 g/mol. The highest BCUT2D eigenvalue weighted by Crippen LogP contribution is 2.48. The Bertz CT molecular complexity index is 349. The molecule has 3 fully saturated rings. The van der Waals surface area contributed by atoms with Gasteiger partial charge < -0.3 is 20.1 Å². The SMILES string of the molecule is COC1CN(C(=O)C2C3CCC(C3)C2N)CC1OC. The number of ether oxygens (including phenoxy) is 2. The Morgan fingerprint density at radius 1 is 1.11 bits per heavy atom. The largest absolute Gasteiger partial charge is 0.377 e. The first kappa shape index (κ1) is 13.3. The lowest BCUT2D eigenvalue weighted by Crippen LogP contribution is -2.46. The lowest BCUT2D eigenvalue weighted by molar-refractivity contribution is -0.137. The number of fused-ring (bicyclic) bond motifs is 2. The predicted octanol–water partition coefficient (Wildman–Crippen LogP) is 0.232. The van der Waals surface area contributed by atoms with Crippen LogP contribution in [0.1, 0.15) is 19.3 Å². The van der Waals surface area contributed by atoms with Crippen LogP contribution < -0.4 is 5.73 Å². The molecule has 1 saturated heterocycles. The molecule has 3 rings (SSSR count). The first-order valence-electron chi connectivity index (χ1n) is 7.25. The van der Waals surface area contributed by atoms with Crippen molar-refractivity contribution in [2.45, 2.75) is 37.5 Å². The van der Waals surface area contributed by atoms with E-state index in [9.17, 15) is 4.79 Å². The van der Waals surface area contributed by atoms with Gasteiger partial charge in [0.05, 0.1) is 5.92 Å². The second kappa shape index (κ2) is 5.04. The van der Waals surface area contributed by atoms with Crippen molar-refractivity contribution >= 4 is 5.91 Å². The van der Waals surface area contributed by atoms with E-state index in [0.29, 0.717) is 24.9 Å². The Hall–Kier alpha value is -0.650. The Morgan fingerprint density at radius 2 is 1.68 bits per heavy atom. The van der Waals surface area contributed by atoms with Gasteiger partial charge in [-0.25, -0.2) is 0 Å². The van der Waals surface area contributed by atoms with Crippen LogP contribution in [0.3, 0.4) is 0 Å². The van der Waals surface area contributed by atoms with Crippen molar-refractivity contribution in [3.8, 4) is 0 Å². The zero-order valence-corrected chi connectivity index (χ0v) is 11.7. The molecule has 108 valence electrons. The molecule has 3 aliphatic rings. The third-order valence-corrected chi connectivity index (χ3v) is 5.40. The number of amides is 1. The predicted molar refractivity (Wildman–Crippen MR) is 70.5 cm³/mol. The fourth-order valence-corrected chi connectivity index (χ4v) is 4.29. The monoisotopic (exact) mass is 268 g/mol. The highest BCUT2D eigenvalue weighted by Gasteiger charge is 2.51. The number of nitrogens with zero attached hydrogens (tertiary/aromatic N) is 1. The molecule has 0 aromatic rings.